The monoisotopic (exact) mass is 332 g/mol. The average molecular weight is 332 g/mol. The Morgan fingerprint density at radius 3 is 2.96 bits per heavy atom. The Balaban J connectivity index is 1.71. The first-order valence-corrected chi connectivity index (χ1v) is 8.06. The van der Waals surface area contributed by atoms with Crippen LogP contribution in [0.1, 0.15) is 30.6 Å². The molecule has 7 nitrogen and oxygen atoms in total. The topological polar surface area (TPSA) is 92.2 Å². The Bertz CT molecular complexity index is 726. The van der Waals surface area contributed by atoms with Gasteiger partial charge in [-0.25, -0.2) is 0 Å². The van der Waals surface area contributed by atoms with E-state index in [2.05, 4.69) is 15.4 Å². The first kappa shape index (κ1) is 16.7. The van der Waals surface area contributed by atoms with Crippen LogP contribution in [0, 0.1) is 5.41 Å². The zero-order chi connectivity index (χ0) is 17.4. The summed E-state index contributed by atoms with van der Waals surface area (Å²) in [5.74, 6) is -0.175. The lowest BCUT2D eigenvalue weighted by Gasteiger charge is -2.38. The first-order chi connectivity index (χ1) is 11.3. The molecule has 1 amide bonds. The van der Waals surface area contributed by atoms with Gasteiger partial charge >= 0.3 is 0 Å². The van der Waals surface area contributed by atoms with Gasteiger partial charge in [-0.05, 0) is 0 Å². The van der Waals surface area contributed by atoms with Gasteiger partial charge in [-0.1, -0.05) is 13.8 Å². The zero-order valence-electron chi connectivity index (χ0n) is 14.3. The molecule has 0 aliphatic carbocycles. The fourth-order valence-corrected chi connectivity index (χ4v) is 3.00. The quantitative estimate of drug-likeness (QED) is 0.770. The van der Waals surface area contributed by atoms with Crippen LogP contribution in [0.25, 0.3) is 11.1 Å². The molecule has 1 atom stereocenters. The summed E-state index contributed by atoms with van der Waals surface area (Å²) in [5.41, 5.74) is 0.856. The minimum Gasteiger partial charge on any atom is -0.387 e. The zero-order valence-corrected chi connectivity index (χ0v) is 14.3. The number of amides is 1. The molecule has 2 aromatic rings. The van der Waals surface area contributed by atoms with E-state index in [4.69, 9.17) is 4.74 Å². The molecule has 130 valence electrons. The Morgan fingerprint density at radius 1 is 1.54 bits per heavy atom. The van der Waals surface area contributed by atoms with Crippen molar-refractivity contribution in [3.8, 4) is 11.1 Å². The third-order valence-corrected chi connectivity index (χ3v) is 4.96. The highest BCUT2D eigenvalue weighted by Crippen LogP contribution is 2.37. The summed E-state index contributed by atoms with van der Waals surface area (Å²) in [5, 5.41) is 17.8. The predicted molar refractivity (Wildman–Crippen MR) is 89.5 cm³/mol. The van der Waals surface area contributed by atoms with Gasteiger partial charge < -0.3 is 20.1 Å². The van der Waals surface area contributed by atoms with Crippen molar-refractivity contribution in [2.24, 2.45) is 12.5 Å². The van der Waals surface area contributed by atoms with Gasteiger partial charge in [0.1, 0.15) is 0 Å². The molecule has 1 aliphatic heterocycles. The van der Waals surface area contributed by atoms with Gasteiger partial charge in [0.15, 0.2) is 0 Å². The van der Waals surface area contributed by atoms with E-state index in [9.17, 15) is 9.90 Å². The molecule has 3 rings (SSSR count). The standard InChI is InChI=1S/C17H24N4O3/c1-16(2,17(23)4-5-24-11-17)10-19-15(22)14-8-18-7-13(14)12-6-20-21(3)9-12/h6-9,18,23H,4-5,10-11H2,1-3H3,(H,19,22). The summed E-state index contributed by atoms with van der Waals surface area (Å²) in [7, 11) is 1.84. The fraction of sp³-hybridized carbons (Fsp3) is 0.529. The van der Waals surface area contributed by atoms with Crippen LogP contribution >= 0.6 is 0 Å². The van der Waals surface area contributed by atoms with Gasteiger partial charge in [-0.15, -0.1) is 0 Å². The van der Waals surface area contributed by atoms with Crippen molar-refractivity contribution < 1.29 is 14.6 Å². The number of H-pyrrole nitrogens is 1. The highest BCUT2D eigenvalue weighted by molar-refractivity contribution is 6.00. The van der Waals surface area contributed by atoms with E-state index in [0.29, 0.717) is 31.7 Å². The van der Waals surface area contributed by atoms with E-state index in [1.807, 2.05) is 27.1 Å². The molecule has 1 saturated heterocycles. The minimum atomic E-state index is -0.912. The van der Waals surface area contributed by atoms with Crippen LogP contribution in [0.3, 0.4) is 0 Å². The summed E-state index contributed by atoms with van der Waals surface area (Å²) in [6.07, 6.45) is 7.64. The van der Waals surface area contributed by atoms with E-state index in [1.165, 1.54) is 0 Å². The Hall–Kier alpha value is -2.12. The van der Waals surface area contributed by atoms with Crippen molar-refractivity contribution in [2.75, 3.05) is 19.8 Å². The molecule has 0 bridgehead atoms. The number of aryl methyl sites for hydroxylation is 1. The molecule has 1 fully saturated rings. The molecular weight excluding hydrogens is 308 g/mol. The van der Waals surface area contributed by atoms with E-state index in [0.717, 1.165) is 11.1 Å². The van der Waals surface area contributed by atoms with Crippen molar-refractivity contribution in [2.45, 2.75) is 25.9 Å². The third kappa shape index (κ3) is 2.97. The average Bonchev–Trinajstić information content (AvgIpc) is 3.25. The van der Waals surface area contributed by atoms with Crippen LogP contribution in [0.2, 0.25) is 0 Å². The van der Waals surface area contributed by atoms with Gasteiger partial charge in [0.2, 0.25) is 0 Å². The number of hydrogen-bond acceptors (Lipinski definition) is 4. The van der Waals surface area contributed by atoms with Crippen LogP contribution in [-0.2, 0) is 11.8 Å². The Morgan fingerprint density at radius 2 is 2.33 bits per heavy atom. The third-order valence-electron chi connectivity index (χ3n) is 4.96. The molecule has 0 saturated carbocycles. The highest BCUT2D eigenvalue weighted by Gasteiger charge is 2.46. The summed E-state index contributed by atoms with van der Waals surface area (Å²) < 4.78 is 7.02. The lowest BCUT2D eigenvalue weighted by Crippen LogP contribution is -2.51. The molecule has 3 N–H and O–H groups in total. The van der Waals surface area contributed by atoms with E-state index in [1.54, 1.807) is 23.3 Å². The molecule has 3 heterocycles. The molecule has 0 radical (unpaired) electrons. The van der Waals surface area contributed by atoms with Crippen LogP contribution in [0.15, 0.2) is 24.8 Å². The maximum absolute atomic E-state index is 12.6. The second-order valence-corrected chi connectivity index (χ2v) is 7.09. The normalized spacial score (nSPS) is 21.2. The van der Waals surface area contributed by atoms with Gasteiger partial charge in [-0.3, -0.25) is 9.48 Å². The first-order valence-electron chi connectivity index (χ1n) is 8.06. The lowest BCUT2D eigenvalue weighted by atomic mass is 9.74. The lowest BCUT2D eigenvalue weighted by molar-refractivity contribution is -0.0674. The maximum Gasteiger partial charge on any atom is 0.253 e. The Kier molecular flexibility index (Phi) is 4.23. The number of hydrogen-bond donors (Lipinski definition) is 3. The largest absolute Gasteiger partial charge is 0.387 e. The van der Waals surface area contributed by atoms with Gasteiger partial charge in [-0.2, -0.15) is 5.10 Å². The van der Waals surface area contributed by atoms with Crippen molar-refractivity contribution in [3.05, 3.63) is 30.4 Å². The maximum atomic E-state index is 12.6. The smallest absolute Gasteiger partial charge is 0.253 e. The minimum absolute atomic E-state index is 0.175. The number of nitrogens with zero attached hydrogens (tertiary/aromatic N) is 2. The van der Waals surface area contributed by atoms with E-state index in [-0.39, 0.29) is 5.91 Å². The molecular formula is C17H24N4O3. The van der Waals surface area contributed by atoms with E-state index >= 15 is 0 Å². The van der Waals surface area contributed by atoms with Crippen molar-refractivity contribution in [1.29, 1.82) is 0 Å². The summed E-state index contributed by atoms with van der Waals surface area (Å²) in [6, 6.07) is 0. The summed E-state index contributed by atoms with van der Waals surface area (Å²) >= 11 is 0. The molecule has 1 aliphatic rings. The van der Waals surface area contributed by atoms with Gasteiger partial charge in [0, 0.05) is 61.8 Å². The number of carbonyl (C=O) groups excluding carboxylic acids is 1. The van der Waals surface area contributed by atoms with Crippen LogP contribution < -0.4 is 5.32 Å². The second kappa shape index (κ2) is 6.07. The fourth-order valence-electron chi connectivity index (χ4n) is 3.00. The number of rotatable bonds is 5. The van der Waals surface area contributed by atoms with Crippen molar-refractivity contribution >= 4 is 5.91 Å². The molecule has 24 heavy (non-hydrogen) atoms. The van der Waals surface area contributed by atoms with Crippen LogP contribution in [0.5, 0.6) is 0 Å². The van der Waals surface area contributed by atoms with E-state index < -0.39 is 11.0 Å². The molecule has 2 aromatic heterocycles. The number of nitrogens with one attached hydrogen (secondary N) is 2. The van der Waals surface area contributed by atoms with Gasteiger partial charge in [0.25, 0.3) is 5.91 Å². The summed E-state index contributed by atoms with van der Waals surface area (Å²) in [4.78, 5) is 15.6. The number of aromatic nitrogens is 3. The van der Waals surface area contributed by atoms with Crippen molar-refractivity contribution in [1.82, 2.24) is 20.1 Å². The summed E-state index contributed by atoms with van der Waals surface area (Å²) in [6.45, 7) is 5.11. The highest BCUT2D eigenvalue weighted by atomic mass is 16.5. The predicted octanol–water partition coefficient (Wildman–Crippen LogP) is 1.32. The molecule has 1 unspecified atom stereocenters. The molecule has 0 aromatic carbocycles. The Labute approximate surface area is 141 Å². The number of ether oxygens (including phenoxy) is 1. The molecule has 7 heteroatoms. The molecule has 0 spiro atoms. The van der Waals surface area contributed by atoms with Crippen molar-refractivity contribution in [3.63, 3.8) is 0 Å². The number of aliphatic hydroxyl groups is 1. The number of aromatic amines is 1. The van der Waals surface area contributed by atoms with Gasteiger partial charge in [0.05, 0.1) is 24.0 Å². The second-order valence-electron chi connectivity index (χ2n) is 7.09. The SMILES string of the molecule is Cn1cc(-c2c[nH]cc2C(=O)NCC(C)(C)C2(O)CCOC2)cn1. The van der Waals surface area contributed by atoms with Crippen LogP contribution in [0.4, 0.5) is 0 Å². The van der Waals surface area contributed by atoms with Crippen LogP contribution in [-0.4, -0.2) is 51.1 Å². The number of carbonyl (C=O) groups is 1.